The summed E-state index contributed by atoms with van der Waals surface area (Å²) in [5.74, 6) is -0.381. The molecule has 5 heteroatoms. The molecule has 0 saturated heterocycles. The first-order chi connectivity index (χ1) is 13.7. The van der Waals surface area contributed by atoms with E-state index in [0.717, 1.165) is 38.5 Å². The van der Waals surface area contributed by atoms with Crippen molar-refractivity contribution in [2.75, 3.05) is 19.8 Å². The van der Waals surface area contributed by atoms with Gasteiger partial charge in [0.05, 0.1) is 13.2 Å². The van der Waals surface area contributed by atoms with Gasteiger partial charge in [-0.25, -0.2) is 4.79 Å². The summed E-state index contributed by atoms with van der Waals surface area (Å²) in [5.41, 5.74) is 0. The van der Waals surface area contributed by atoms with Crippen molar-refractivity contribution in [3.05, 3.63) is 24.3 Å². The van der Waals surface area contributed by atoms with Crippen LogP contribution in [-0.2, 0) is 14.3 Å². The van der Waals surface area contributed by atoms with Crippen molar-refractivity contribution in [3.8, 4) is 0 Å². The van der Waals surface area contributed by atoms with Crippen LogP contribution in [0.2, 0.25) is 0 Å². The molecule has 1 atom stereocenters. The summed E-state index contributed by atoms with van der Waals surface area (Å²) >= 11 is 0. The molecular formula is C23H41NO4. The van der Waals surface area contributed by atoms with E-state index in [2.05, 4.69) is 31.2 Å². The molecule has 0 radical (unpaired) electrons. The average molecular weight is 396 g/mol. The highest BCUT2D eigenvalue weighted by Crippen LogP contribution is 2.13. The van der Waals surface area contributed by atoms with E-state index in [4.69, 9.17) is 9.84 Å². The molecule has 0 spiro atoms. The van der Waals surface area contributed by atoms with Gasteiger partial charge >= 0.3 is 5.97 Å². The molecule has 0 aliphatic rings. The minimum atomic E-state index is -0.589. The first-order valence-electron chi connectivity index (χ1n) is 11.0. The SMILES string of the molecule is CCCCC/C=C\C/C=C\CCCCCCC(C(=O)OCC)N(C=O)CCO. The predicted octanol–water partition coefficient (Wildman–Crippen LogP) is 4.79. The third-order valence-electron chi connectivity index (χ3n) is 4.63. The molecule has 0 bridgehead atoms. The zero-order valence-electron chi connectivity index (χ0n) is 18.0. The van der Waals surface area contributed by atoms with E-state index < -0.39 is 6.04 Å². The summed E-state index contributed by atoms with van der Waals surface area (Å²) in [4.78, 5) is 24.6. The molecule has 1 N–H and O–H groups in total. The Morgan fingerprint density at radius 1 is 0.964 bits per heavy atom. The molecule has 0 aromatic heterocycles. The number of carbonyl (C=O) groups is 2. The van der Waals surface area contributed by atoms with Crippen LogP contribution >= 0.6 is 0 Å². The highest BCUT2D eigenvalue weighted by Gasteiger charge is 2.25. The standard InChI is InChI=1S/C23H41NO4/c1-3-5-6-7-8-9-10-11-12-13-14-15-16-17-18-22(23(27)28-4-2)24(21-26)19-20-25/h8-9,11-12,21-22,25H,3-7,10,13-20H2,1-2H3/b9-8-,12-11-. The number of allylic oxidation sites excluding steroid dienone is 4. The van der Waals surface area contributed by atoms with Gasteiger partial charge in [0.25, 0.3) is 0 Å². The van der Waals surface area contributed by atoms with Crippen LogP contribution in [0, 0.1) is 0 Å². The van der Waals surface area contributed by atoms with Crippen molar-refractivity contribution in [2.24, 2.45) is 0 Å². The number of esters is 1. The van der Waals surface area contributed by atoms with Crippen molar-refractivity contribution in [1.82, 2.24) is 4.90 Å². The number of aliphatic hydroxyl groups is 1. The van der Waals surface area contributed by atoms with Gasteiger partial charge in [-0.2, -0.15) is 0 Å². The molecule has 162 valence electrons. The van der Waals surface area contributed by atoms with Crippen LogP contribution in [0.25, 0.3) is 0 Å². The summed E-state index contributed by atoms with van der Waals surface area (Å²) < 4.78 is 5.07. The predicted molar refractivity (Wildman–Crippen MR) is 115 cm³/mol. The van der Waals surface area contributed by atoms with Crippen molar-refractivity contribution >= 4 is 12.4 Å². The van der Waals surface area contributed by atoms with Crippen LogP contribution in [0.3, 0.4) is 0 Å². The van der Waals surface area contributed by atoms with Crippen LogP contribution in [0.4, 0.5) is 0 Å². The van der Waals surface area contributed by atoms with E-state index in [1.54, 1.807) is 6.92 Å². The molecule has 1 amide bonds. The minimum absolute atomic E-state index is 0.158. The molecule has 5 nitrogen and oxygen atoms in total. The molecule has 0 aromatic carbocycles. The number of hydrogen-bond donors (Lipinski definition) is 1. The van der Waals surface area contributed by atoms with Crippen LogP contribution in [0.5, 0.6) is 0 Å². The first kappa shape index (κ1) is 26.4. The van der Waals surface area contributed by atoms with Gasteiger partial charge in [0.15, 0.2) is 0 Å². The Hall–Kier alpha value is -1.62. The van der Waals surface area contributed by atoms with Crippen LogP contribution in [0.15, 0.2) is 24.3 Å². The van der Waals surface area contributed by atoms with Gasteiger partial charge < -0.3 is 14.7 Å². The highest BCUT2D eigenvalue weighted by atomic mass is 16.5. The third kappa shape index (κ3) is 14.4. The molecule has 0 aliphatic carbocycles. The normalized spacial score (nSPS) is 12.5. The Balaban J connectivity index is 3.90. The third-order valence-corrected chi connectivity index (χ3v) is 4.63. The van der Waals surface area contributed by atoms with E-state index in [9.17, 15) is 9.59 Å². The van der Waals surface area contributed by atoms with E-state index >= 15 is 0 Å². The summed E-state index contributed by atoms with van der Waals surface area (Å²) in [5, 5.41) is 9.06. The molecule has 0 rings (SSSR count). The maximum absolute atomic E-state index is 12.1. The fraction of sp³-hybridized carbons (Fsp3) is 0.739. The Bertz CT molecular complexity index is 434. The van der Waals surface area contributed by atoms with Crippen molar-refractivity contribution < 1.29 is 19.4 Å². The highest BCUT2D eigenvalue weighted by molar-refractivity contribution is 5.78. The van der Waals surface area contributed by atoms with E-state index in [1.807, 2.05) is 0 Å². The van der Waals surface area contributed by atoms with Gasteiger partial charge in [-0.1, -0.05) is 63.3 Å². The summed E-state index contributed by atoms with van der Waals surface area (Å²) in [6.45, 7) is 4.27. The Kier molecular flexibility index (Phi) is 19.0. The minimum Gasteiger partial charge on any atom is -0.464 e. The van der Waals surface area contributed by atoms with Gasteiger partial charge in [0.1, 0.15) is 6.04 Å². The molecule has 1 unspecified atom stereocenters. The number of carbonyl (C=O) groups excluding carboxylic acids is 2. The molecule has 0 saturated carbocycles. The van der Waals surface area contributed by atoms with Gasteiger partial charge in [-0.3, -0.25) is 4.79 Å². The van der Waals surface area contributed by atoms with Crippen molar-refractivity contribution in [2.45, 2.75) is 90.5 Å². The lowest BCUT2D eigenvalue weighted by Gasteiger charge is -2.25. The Morgan fingerprint density at radius 3 is 2.18 bits per heavy atom. The topological polar surface area (TPSA) is 66.8 Å². The van der Waals surface area contributed by atoms with Crippen LogP contribution in [-0.4, -0.2) is 48.2 Å². The van der Waals surface area contributed by atoms with E-state index in [-0.39, 0.29) is 19.1 Å². The lowest BCUT2D eigenvalue weighted by molar-refractivity contribution is -0.152. The molecule has 0 fully saturated rings. The second kappa shape index (κ2) is 20.1. The van der Waals surface area contributed by atoms with E-state index in [1.165, 1.54) is 30.6 Å². The molecule has 0 heterocycles. The zero-order valence-corrected chi connectivity index (χ0v) is 18.0. The number of hydrogen-bond acceptors (Lipinski definition) is 4. The molecule has 0 aromatic rings. The van der Waals surface area contributed by atoms with Gasteiger partial charge in [0.2, 0.25) is 6.41 Å². The van der Waals surface area contributed by atoms with Crippen LogP contribution < -0.4 is 0 Å². The number of amides is 1. The number of aliphatic hydroxyl groups excluding tert-OH is 1. The Morgan fingerprint density at radius 2 is 1.61 bits per heavy atom. The summed E-state index contributed by atoms with van der Waals surface area (Å²) in [6, 6.07) is -0.589. The summed E-state index contributed by atoms with van der Waals surface area (Å²) in [6.07, 6.45) is 21.5. The van der Waals surface area contributed by atoms with Gasteiger partial charge in [0, 0.05) is 6.54 Å². The fourth-order valence-corrected chi connectivity index (χ4v) is 3.03. The fourth-order valence-electron chi connectivity index (χ4n) is 3.03. The molecule has 0 aliphatic heterocycles. The average Bonchev–Trinajstić information content (AvgIpc) is 2.70. The smallest absolute Gasteiger partial charge is 0.328 e. The van der Waals surface area contributed by atoms with Crippen molar-refractivity contribution in [3.63, 3.8) is 0 Å². The zero-order chi connectivity index (χ0) is 20.9. The van der Waals surface area contributed by atoms with Gasteiger partial charge in [-0.15, -0.1) is 0 Å². The number of ether oxygens (including phenoxy) is 1. The molecule has 28 heavy (non-hydrogen) atoms. The lowest BCUT2D eigenvalue weighted by Crippen LogP contribution is -2.42. The first-order valence-corrected chi connectivity index (χ1v) is 11.0. The maximum Gasteiger partial charge on any atom is 0.328 e. The monoisotopic (exact) mass is 395 g/mol. The largest absolute Gasteiger partial charge is 0.464 e. The number of unbranched alkanes of at least 4 members (excludes halogenated alkanes) is 7. The maximum atomic E-state index is 12.1. The van der Waals surface area contributed by atoms with Crippen LogP contribution in [0.1, 0.15) is 84.5 Å². The Labute approximate surface area is 171 Å². The van der Waals surface area contributed by atoms with Crippen molar-refractivity contribution in [1.29, 1.82) is 0 Å². The lowest BCUT2D eigenvalue weighted by atomic mass is 10.0. The second-order valence-corrected chi connectivity index (χ2v) is 7.00. The number of rotatable bonds is 19. The quantitative estimate of drug-likeness (QED) is 0.148. The molecular weight excluding hydrogens is 354 g/mol. The number of nitrogens with zero attached hydrogens (tertiary/aromatic N) is 1. The summed E-state index contributed by atoms with van der Waals surface area (Å²) in [7, 11) is 0. The second-order valence-electron chi connectivity index (χ2n) is 7.00. The van der Waals surface area contributed by atoms with Gasteiger partial charge in [-0.05, 0) is 45.4 Å². The van der Waals surface area contributed by atoms with E-state index in [0.29, 0.717) is 19.4 Å².